The van der Waals surface area contributed by atoms with Gasteiger partial charge in [0.2, 0.25) is 5.91 Å². The van der Waals surface area contributed by atoms with Crippen molar-refractivity contribution in [3.8, 4) is 0 Å². The van der Waals surface area contributed by atoms with Crippen molar-refractivity contribution >= 4 is 34.1 Å². The van der Waals surface area contributed by atoms with E-state index in [-0.39, 0.29) is 17.7 Å². The molecular formula is C17H22N2O4S. The highest BCUT2D eigenvalue weighted by Gasteiger charge is 2.54. The fourth-order valence-corrected chi connectivity index (χ4v) is 5.47. The van der Waals surface area contributed by atoms with Crippen LogP contribution >= 0.6 is 11.3 Å². The second-order valence-electron chi connectivity index (χ2n) is 6.78. The highest BCUT2D eigenvalue weighted by molar-refractivity contribution is 7.16. The van der Waals surface area contributed by atoms with Gasteiger partial charge in [-0.05, 0) is 43.6 Å². The number of carbonyl (C=O) groups is 3. The Morgan fingerprint density at radius 3 is 2.54 bits per heavy atom. The van der Waals surface area contributed by atoms with Crippen LogP contribution in [0.15, 0.2) is 6.07 Å². The van der Waals surface area contributed by atoms with Gasteiger partial charge in [-0.2, -0.15) is 0 Å². The predicted octanol–water partition coefficient (Wildman–Crippen LogP) is 2.48. The average molecular weight is 350 g/mol. The van der Waals surface area contributed by atoms with Gasteiger partial charge in [-0.25, -0.2) is 0 Å². The lowest BCUT2D eigenvalue weighted by Crippen LogP contribution is -2.38. The zero-order chi connectivity index (χ0) is 17.4. The topological polar surface area (TPSA) is 109 Å². The maximum absolute atomic E-state index is 12.7. The van der Waals surface area contributed by atoms with Crippen LogP contribution in [0.2, 0.25) is 0 Å². The van der Waals surface area contributed by atoms with E-state index in [1.165, 1.54) is 11.3 Å². The summed E-state index contributed by atoms with van der Waals surface area (Å²) < 4.78 is 0. The molecule has 0 saturated heterocycles. The zero-order valence-corrected chi connectivity index (χ0v) is 14.4. The number of aryl methyl sites for hydroxylation is 1. The van der Waals surface area contributed by atoms with E-state index in [1.807, 2.05) is 6.92 Å². The molecule has 2 aliphatic carbocycles. The summed E-state index contributed by atoms with van der Waals surface area (Å²) in [6, 6.07) is 1.72. The summed E-state index contributed by atoms with van der Waals surface area (Å²) in [5, 5.41) is 12.7. The molecule has 6 nitrogen and oxygen atoms in total. The standard InChI is InChI=1S/C17H22N2O4S/c1-2-3-10-7-11(14(18)20)16(24-10)19-15(21)12-8-4-5-9(6-8)13(12)17(22)23/h7-9,12-13H,2-6H2,1H3,(H2,18,20)(H,19,21)(H,22,23)/t8-,9-,12+,13+/m0/s1. The molecule has 3 rings (SSSR count). The number of anilines is 1. The molecule has 1 aromatic heterocycles. The molecule has 0 radical (unpaired) electrons. The summed E-state index contributed by atoms with van der Waals surface area (Å²) in [6.45, 7) is 2.04. The Balaban J connectivity index is 1.82. The van der Waals surface area contributed by atoms with E-state index in [0.717, 1.165) is 37.0 Å². The summed E-state index contributed by atoms with van der Waals surface area (Å²) in [5.74, 6) is -2.67. The number of primary amides is 1. The van der Waals surface area contributed by atoms with Crippen molar-refractivity contribution in [3.05, 3.63) is 16.5 Å². The van der Waals surface area contributed by atoms with E-state index in [2.05, 4.69) is 5.32 Å². The van der Waals surface area contributed by atoms with Crippen LogP contribution < -0.4 is 11.1 Å². The number of hydrogen-bond donors (Lipinski definition) is 3. The molecule has 0 aromatic carbocycles. The quantitative estimate of drug-likeness (QED) is 0.732. The van der Waals surface area contributed by atoms with Crippen LogP contribution in [0.1, 0.15) is 47.8 Å². The monoisotopic (exact) mass is 350 g/mol. The van der Waals surface area contributed by atoms with Crippen LogP contribution in [-0.2, 0) is 16.0 Å². The predicted molar refractivity (Wildman–Crippen MR) is 90.9 cm³/mol. The summed E-state index contributed by atoms with van der Waals surface area (Å²) in [4.78, 5) is 36.9. The number of nitrogens with one attached hydrogen (secondary N) is 1. The summed E-state index contributed by atoms with van der Waals surface area (Å²) in [6.07, 6.45) is 4.34. The summed E-state index contributed by atoms with van der Waals surface area (Å²) in [7, 11) is 0. The van der Waals surface area contributed by atoms with Crippen molar-refractivity contribution in [1.82, 2.24) is 0 Å². The van der Waals surface area contributed by atoms with Gasteiger partial charge in [-0.3, -0.25) is 14.4 Å². The highest BCUT2D eigenvalue weighted by atomic mass is 32.1. The van der Waals surface area contributed by atoms with Crippen molar-refractivity contribution in [2.45, 2.75) is 39.0 Å². The molecule has 2 fully saturated rings. The number of fused-ring (bicyclic) bond motifs is 2. The molecule has 2 bridgehead atoms. The van der Waals surface area contributed by atoms with Gasteiger partial charge in [-0.1, -0.05) is 13.3 Å². The van der Waals surface area contributed by atoms with E-state index in [1.54, 1.807) is 6.07 Å². The maximum atomic E-state index is 12.7. The Morgan fingerprint density at radius 1 is 1.29 bits per heavy atom. The molecule has 2 aliphatic rings. The summed E-state index contributed by atoms with van der Waals surface area (Å²) >= 11 is 1.35. The van der Waals surface area contributed by atoms with Crippen molar-refractivity contribution in [3.63, 3.8) is 0 Å². The van der Waals surface area contributed by atoms with Crippen LogP contribution in [0.25, 0.3) is 0 Å². The number of aliphatic carboxylic acids is 1. The van der Waals surface area contributed by atoms with Gasteiger partial charge in [0, 0.05) is 4.88 Å². The van der Waals surface area contributed by atoms with Crippen LogP contribution in [0.5, 0.6) is 0 Å². The first-order valence-electron chi connectivity index (χ1n) is 8.38. The van der Waals surface area contributed by atoms with Gasteiger partial charge >= 0.3 is 5.97 Å². The van der Waals surface area contributed by atoms with Crippen molar-refractivity contribution in [2.75, 3.05) is 5.32 Å². The minimum atomic E-state index is -0.893. The number of carboxylic acids is 1. The molecule has 0 unspecified atom stereocenters. The highest BCUT2D eigenvalue weighted by Crippen LogP contribution is 2.52. The Hall–Kier alpha value is -1.89. The average Bonchev–Trinajstić information content (AvgIpc) is 3.20. The lowest BCUT2D eigenvalue weighted by Gasteiger charge is -2.26. The maximum Gasteiger partial charge on any atom is 0.307 e. The molecule has 4 N–H and O–H groups in total. The molecule has 24 heavy (non-hydrogen) atoms. The van der Waals surface area contributed by atoms with E-state index in [4.69, 9.17) is 5.73 Å². The third-order valence-corrected chi connectivity index (χ3v) is 6.40. The molecule has 2 amide bonds. The van der Waals surface area contributed by atoms with Gasteiger partial charge in [0.1, 0.15) is 5.00 Å². The minimum absolute atomic E-state index is 0.0952. The molecule has 0 spiro atoms. The summed E-state index contributed by atoms with van der Waals surface area (Å²) in [5.41, 5.74) is 5.72. The molecular weight excluding hydrogens is 328 g/mol. The Labute approximate surface area is 144 Å². The van der Waals surface area contributed by atoms with Crippen LogP contribution in [-0.4, -0.2) is 22.9 Å². The van der Waals surface area contributed by atoms with Crippen molar-refractivity contribution in [1.29, 1.82) is 0 Å². The Bertz CT molecular complexity index is 684. The molecule has 1 aromatic rings. The number of nitrogens with two attached hydrogens (primary N) is 1. The first-order chi connectivity index (χ1) is 11.4. The minimum Gasteiger partial charge on any atom is -0.481 e. The fraction of sp³-hybridized carbons (Fsp3) is 0.588. The first kappa shape index (κ1) is 17.0. The van der Waals surface area contributed by atoms with E-state index < -0.39 is 23.7 Å². The number of rotatable bonds is 6. The smallest absolute Gasteiger partial charge is 0.307 e. The van der Waals surface area contributed by atoms with Gasteiger partial charge < -0.3 is 16.2 Å². The second kappa shape index (κ2) is 6.55. The Morgan fingerprint density at radius 2 is 1.96 bits per heavy atom. The molecule has 7 heteroatoms. The first-order valence-corrected chi connectivity index (χ1v) is 9.20. The zero-order valence-electron chi connectivity index (χ0n) is 13.6. The normalized spacial score (nSPS) is 28.0. The Kier molecular flexibility index (Phi) is 4.62. The third kappa shape index (κ3) is 2.92. The number of carboxylic acid groups (broad SMARTS) is 1. The van der Waals surface area contributed by atoms with Gasteiger partial charge in [0.25, 0.3) is 5.91 Å². The third-order valence-electron chi connectivity index (χ3n) is 5.29. The molecule has 130 valence electrons. The largest absolute Gasteiger partial charge is 0.481 e. The number of carbonyl (C=O) groups excluding carboxylic acids is 2. The van der Waals surface area contributed by atoms with E-state index in [0.29, 0.717) is 10.6 Å². The number of thiophene rings is 1. The van der Waals surface area contributed by atoms with E-state index in [9.17, 15) is 19.5 Å². The second-order valence-corrected chi connectivity index (χ2v) is 7.92. The molecule has 2 saturated carbocycles. The van der Waals surface area contributed by atoms with E-state index >= 15 is 0 Å². The van der Waals surface area contributed by atoms with Crippen molar-refractivity contribution in [2.24, 2.45) is 29.4 Å². The van der Waals surface area contributed by atoms with Crippen LogP contribution in [0, 0.1) is 23.7 Å². The molecule has 0 aliphatic heterocycles. The molecule has 4 atom stereocenters. The fourth-order valence-electron chi connectivity index (χ4n) is 4.31. The van der Waals surface area contributed by atoms with Crippen LogP contribution in [0.4, 0.5) is 5.00 Å². The van der Waals surface area contributed by atoms with Gasteiger partial charge in [0.05, 0.1) is 17.4 Å². The molecule has 1 heterocycles. The van der Waals surface area contributed by atoms with Crippen LogP contribution in [0.3, 0.4) is 0 Å². The number of hydrogen-bond acceptors (Lipinski definition) is 4. The van der Waals surface area contributed by atoms with Gasteiger partial charge in [0.15, 0.2) is 0 Å². The number of amides is 2. The lowest BCUT2D eigenvalue weighted by atomic mass is 9.79. The lowest BCUT2D eigenvalue weighted by molar-refractivity contribution is -0.148. The van der Waals surface area contributed by atoms with Crippen molar-refractivity contribution < 1.29 is 19.5 Å². The SMILES string of the molecule is CCCc1cc(C(N)=O)c(NC(=O)[C@@H]2[C@H]3CC[C@@H](C3)[C@H]2C(=O)O)s1. The van der Waals surface area contributed by atoms with Gasteiger partial charge in [-0.15, -0.1) is 11.3 Å².